The fraction of sp³-hybridized carbons (Fsp3) is 0.708. The van der Waals surface area contributed by atoms with Gasteiger partial charge >= 0.3 is 5.97 Å². The second kappa shape index (κ2) is 16.3. The maximum Gasteiger partial charge on any atom is 0.337 e. The van der Waals surface area contributed by atoms with Crippen molar-refractivity contribution in [2.24, 2.45) is 0 Å². The zero-order valence-electron chi connectivity index (χ0n) is 19.9. The smallest absolute Gasteiger partial charge is 0.337 e. The van der Waals surface area contributed by atoms with Gasteiger partial charge in [0.05, 0.1) is 5.60 Å². The van der Waals surface area contributed by atoms with Crippen LogP contribution in [0.2, 0.25) is 0 Å². The minimum atomic E-state index is -2.33. The molecular weight excluding hydrogens is 479 g/mol. The monoisotopic (exact) mass is 514 g/mol. The standard InChI is InChI=1S/C24H35F5O4S/c1-24(2,12-14-31-13-10-8-6-4-3-5-7-9-11-15-34)32-16-17(30)33-23-21(28)19(26)18(25)20(27)22(23)29/h34H,3-16H2,1-2H3. The number of unbranched alkanes of at least 4 members (excludes halogenated alkanes) is 8. The molecule has 0 aliphatic heterocycles. The zero-order chi connectivity index (χ0) is 25.6. The Morgan fingerprint density at radius 2 is 1.21 bits per heavy atom. The van der Waals surface area contributed by atoms with Gasteiger partial charge in [-0.25, -0.2) is 18.0 Å². The number of thiol groups is 1. The lowest BCUT2D eigenvalue weighted by molar-refractivity contribution is -0.146. The third kappa shape index (κ3) is 11.4. The van der Waals surface area contributed by atoms with E-state index in [4.69, 9.17) is 9.47 Å². The van der Waals surface area contributed by atoms with Crippen LogP contribution >= 0.6 is 12.6 Å². The van der Waals surface area contributed by atoms with Gasteiger partial charge in [-0.3, -0.25) is 0 Å². The quantitative estimate of drug-likeness (QED) is 0.0439. The Bertz CT molecular complexity index is 732. The molecule has 0 spiro atoms. The lowest BCUT2D eigenvalue weighted by Gasteiger charge is -2.24. The molecule has 0 saturated carbocycles. The minimum Gasteiger partial charge on any atom is -0.418 e. The highest BCUT2D eigenvalue weighted by Gasteiger charge is 2.29. The van der Waals surface area contributed by atoms with Gasteiger partial charge < -0.3 is 14.2 Å². The summed E-state index contributed by atoms with van der Waals surface area (Å²) in [6, 6.07) is 0. The molecule has 4 nitrogen and oxygen atoms in total. The van der Waals surface area contributed by atoms with Crippen molar-refractivity contribution in [2.75, 3.05) is 25.6 Å². The number of hydrogen-bond acceptors (Lipinski definition) is 5. The lowest BCUT2D eigenvalue weighted by atomic mass is 10.1. The molecular formula is C24H35F5O4S. The number of benzene rings is 1. The van der Waals surface area contributed by atoms with E-state index < -0.39 is 53.0 Å². The second-order valence-corrected chi connectivity index (χ2v) is 9.14. The molecule has 1 rings (SSSR count). The first kappa shape index (κ1) is 30.6. The zero-order valence-corrected chi connectivity index (χ0v) is 20.8. The van der Waals surface area contributed by atoms with Crippen molar-refractivity contribution < 1.29 is 41.0 Å². The molecule has 0 bridgehead atoms. The average Bonchev–Trinajstić information content (AvgIpc) is 2.81. The van der Waals surface area contributed by atoms with E-state index in [9.17, 15) is 26.7 Å². The fourth-order valence-corrected chi connectivity index (χ4v) is 3.34. The number of ether oxygens (including phenoxy) is 3. The Morgan fingerprint density at radius 1 is 0.735 bits per heavy atom. The van der Waals surface area contributed by atoms with Gasteiger partial charge in [-0.1, -0.05) is 44.9 Å². The first-order valence-electron chi connectivity index (χ1n) is 11.7. The normalized spacial score (nSPS) is 11.8. The van der Waals surface area contributed by atoms with Gasteiger partial charge in [-0.05, 0) is 38.9 Å². The van der Waals surface area contributed by atoms with E-state index in [0.29, 0.717) is 19.6 Å². The van der Waals surface area contributed by atoms with Crippen molar-refractivity contribution in [3.05, 3.63) is 29.1 Å². The van der Waals surface area contributed by atoms with Gasteiger partial charge in [0, 0.05) is 13.2 Å². The largest absolute Gasteiger partial charge is 0.418 e. The Labute approximate surface area is 203 Å². The molecule has 1 aromatic rings. The van der Waals surface area contributed by atoms with E-state index in [1.165, 1.54) is 44.9 Å². The molecule has 0 fully saturated rings. The van der Waals surface area contributed by atoms with Crippen LogP contribution in [-0.2, 0) is 14.3 Å². The highest BCUT2D eigenvalue weighted by atomic mass is 32.1. The maximum absolute atomic E-state index is 13.6. The summed E-state index contributed by atoms with van der Waals surface area (Å²) in [6.45, 7) is 3.61. The molecule has 1 aromatic carbocycles. The van der Waals surface area contributed by atoms with E-state index in [-0.39, 0.29) is 0 Å². The number of carbonyl (C=O) groups excluding carboxylic acids is 1. The highest BCUT2D eigenvalue weighted by molar-refractivity contribution is 7.80. The average molecular weight is 515 g/mol. The summed E-state index contributed by atoms with van der Waals surface area (Å²) >= 11 is 4.20. The van der Waals surface area contributed by atoms with E-state index in [1.807, 2.05) is 0 Å². The van der Waals surface area contributed by atoms with Crippen LogP contribution in [0.25, 0.3) is 0 Å². The predicted octanol–water partition coefficient (Wildman–Crippen LogP) is 6.93. The van der Waals surface area contributed by atoms with Gasteiger partial charge in [0.25, 0.3) is 0 Å². The van der Waals surface area contributed by atoms with Gasteiger partial charge in [-0.2, -0.15) is 21.4 Å². The molecule has 0 saturated heterocycles. The van der Waals surface area contributed by atoms with Crippen LogP contribution in [0.4, 0.5) is 22.0 Å². The Kier molecular flexibility index (Phi) is 14.7. The Balaban J connectivity index is 2.20. The lowest BCUT2D eigenvalue weighted by Crippen LogP contribution is -2.31. The summed E-state index contributed by atoms with van der Waals surface area (Å²) in [6.07, 6.45) is 11.1. The molecule has 0 N–H and O–H groups in total. The summed E-state index contributed by atoms with van der Waals surface area (Å²) < 4.78 is 81.9. The molecule has 0 amide bonds. The van der Waals surface area contributed by atoms with Crippen molar-refractivity contribution >= 4 is 18.6 Å². The molecule has 0 atom stereocenters. The second-order valence-electron chi connectivity index (χ2n) is 8.69. The van der Waals surface area contributed by atoms with E-state index in [1.54, 1.807) is 13.8 Å². The van der Waals surface area contributed by atoms with Crippen molar-refractivity contribution in [1.29, 1.82) is 0 Å². The van der Waals surface area contributed by atoms with Crippen LogP contribution in [0.3, 0.4) is 0 Å². The van der Waals surface area contributed by atoms with Crippen LogP contribution in [0.5, 0.6) is 5.75 Å². The molecule has 0 aliphatic carbocycles. The van der Waals surface area contributed by atoms with Crippen LogP contribution < -0.4 is 4.74 Å². The first-order valence-corrected chi connectivity index (χ1v) is 12.3. The van der Waals surface area contributed by atoms with Gasteiger partial charge in [0.2, 0.25) is 34.8 Å². The molecule has 0 aliphatic rings. The first-order chi connectivity index (χ1) is 16.1. The van der Waals surface area contributed by atoms with Gasteiger partial charge in [-0.15, -0.1) is 0 Å². The number of carbonyl (C=O) groups is 1. The third-order valence-corrected chi connectivity index (χ3v) is 5.58. The van der Waals surface area contributed by atoms with E-state index in [2.05, 4.69) is 17.4 Å². The number of rotatable bonds is 18. The summed E-state index contributed by atoms with van der Waals surface area (Å²) in [4.78, 5) is 11.8. The molecule has 10 heteroatoms. The molecule has 34 heavy (non-hydrogen) atoms. The van der Waals surface area contributed by atoms with Crippen LogP contribution in [0.1, 0.15) is 78.1 Å². The van der Waals surface area contributed by atoms with Crippen molar-refractivity contribution in [3.8, 4) is 5.75 Å². The van der Waals surface area contributed by atoms with E-state index >= 15 is 0 Å². The maximum atomic E-state index is 13.6. The van der Waals surface area contributed by atoms with Crippen LogP contribution in [0, 0.1) is 29.1 Å². The van der Waals surface area contributed by atoms with Crippen molar-refractivity contribution in [3.63, 3.8) is 0 Å². The van der Waals surface area contributed by atoms with E-state index in [0.717, 1.165) is 18.6 Å². The molecule has 0 unspecified atom stereocenters. The summed E-state index contributed by atoms with van der Waals surface area (Å²) in [5.41, 5.74) is -0.831. The Morgan fingerprint density at radius 3 is 1.74 bits per heavy atom. The summed E-state index contributed by atoms with van der Waals surface area (Å²) in [5.74, 6) is -13.1. The summed E-state index contributed by atoms with van der Waals surface area (Å²) in [5, 5.41) is 0. The van der Waals surface area contributed by atoms with Gasteiger partial charge in [0.1, 0.15) is 6.61 Å². The summed E-state index contributed by atoms with van der Waals surface area (Å²) in [7, 11) is 0. The molecule has 0 radical (unpaired) electrons. The Hall–Kier alpha value is -1.39. The van der Waals surface area contributed by atoms with Crippen molar-refractivity contribution in [2.45, 2.75) is 83.7 Å². The molecule has 0 heterocycles. The highest BCUT2D eigenvalue weighted by Crippen LogP contribution is 2.29. The number of hydrogen-bond donors (Lipinski definition) is 1. The number of halogens is 5. The fourth-order valence-electron chi connectivity index (χ4n) is 3.12. The minimum absolute atomic E-state index is 0.380. The number of esters is 1. The van der Waals surface area contributed by atoms with Gasteiger partial charge in [0.15, 0.2) is 0 Å². The molecule has 196 valence electrons. The molecule has 0 aromatic heterocycles. The van der Waals surface area contributed by atoms with Crippen molar-refractivity contribution in [1.82, 2.24) is 0 Å². The topological polar surface area (TPSA) is 44.8 Å². The third-order valence-electron chi connectivity index (χ3n) is 5.26. The predicted molar refractivity (Wildman–Crippen MR) is 123 cm³/mol. The van der Waals surface area contributed by atoms with Crippen LogP contribution in [-0.4, -0.2) is 37.1 Å². The SMILES string of the molecule is CC(C)(CCOCCCCCCCCCCCS)OCC(=O)Oc1c(F)c(F)c(F)c(F)c1F. The van der Waals surface area contributed by atoms with Crippen LogP contribution in [0.15, 0.2) is 0 Å².